The monoisotopic (exact) mass is 348 g/mol. The van der Waals surface area contributed by atoms with E-state index in [-0.39, 0.29) is 18.0 Å². The van der Waals surface area contributed by atoms with Crippen molar-refractivity contribution in [3.05, 3.63) is 29.8 Å². The average Bonchev–Trinajstić information content (AvgIpc) is 2.52. The van der Waals surface area contributed by atoms with Gasteiger partial charge in [0.2, 0.25) is 5.91 Å². The molecule has 0 aliphatic rings. The standard InChI is InChI=1S/C19H32N4O2/c1-14(2)13-25-16-9-7-8-15(10-16)11-21-18(20-6)22-12-17(24)23-19(3,4)5/h7-10,14H,11-13H2,1-6H3,(H,23,24)(H2,20,21,22). The number of carbonyl (C=O) groups excluding carboxylic acids is 1. The number of amides is 1. The topological polar surface area (TPSA) is 74.8 Å². The SMILES string of the molecule is CN=C(NCC(=O)NC(C)(C)C)NCc1cccc(OCC(C)C)c1. The normalized spacial score (nSPS) is 12.0. The highest BCUT2D eigenvalue weighted by Gasteiger charge is 2.13. The van der Waals surface area contributed by atoms with Crippen LogP contribution in [-0.4, -0.2) is 37.6 Å². The molecule has 6 nitrogen and oxygen atoms in total. The molecule has 0 spiro atoms. The van der Waals surface area contributed by atoms with Crippen LogP contribution < -0.4 is 20.7 Å². The molecule has 0 aromatic heterocycles. The number of rotatable bonds is 7. The summed E-state index contributed by atoms with van der Waals surface area (Å²) in [5.74, 6) is 1.86. The van der Waals surface area contributed by atoms with Gasteiger partial charge in [0.05, 0.1) is 13.2 Å². The van der Waals surface area contributed by atoms with Crippen molar-refractivity contribution >= 4 is 11.9 Å². The molecule has 6 heteroatoms. The maximum Gasteiger partial charge on any atom is 0.239 e. The summed E-state index contributed by atoms with van der Waals surface area (Å²) in [7, 11) is 1.68. The van der Waals surface area contributed by atoms with Crippen LogP contribution in [0.1, 0.15) is 40.2 Å². The van der Waals surface area contributed by atoms with Crippen LogP contribution in [0.25, 0.3) is 0 Å². The number of nitrogens with zero attached hydrogens (tertiary/aromatic N) is 1. The lowest BCUT2D eigenvalue weighted by Crippen LogP contribution is -2.48. The van der Waals surface area contributed by atoms with Gasteiger partial charge in [0, 0.05) is 19.1 Å². The maximum atomic E-state index is 11.9. The Balaban J connectivity index is 2.47. The summed E-state index contributed by atoms with van der Waals surface area (Å²) in [5, 5.41) is 9.11. The number of hydrogen-bond donors (Lipinski definition) is 3. The molecule has 0 aliphatic heterocycles. The second-order valence-electron chi connectivity index (χ2n) is 7.43. The Bertz CT molecular complexity index is 577. The molecular weight excluding hydrogens is 316 g/mol. The first-order chi connectivity index (χ1) is 11.7. The molecule has 0 unspecified atom stereocenters. The highest BCUT2D eigenvalue weighted by atomic mass is 16.5. The van der Waals surface area contributed by atoms with E-state index in [4.69, 9.17) is 4.74 Å². The van der Waals surface area contributed by atoms with Gasteiger partial charge in [-0.2, -0.15) is 0 Å². The number of guanidine groups is 1. The van der Waals surface area contributed by atoms with Crippen LogP contribution in [0.3, 0.4) is 0 Å². The number of ether oxygens (including phenoxy) is 1. The van der Waals surface area contributed by atoms with Gasteiger partial charge in [-0.3, -0.25) is 9.79 Å². The number of carbonyl (C=O) groups is 1. The van der Waals surface area contributed by atoms with Crippen molar-refractivity contribution in [2.75, 3.05) is 20.2 Å². The number of nitrogens with one attached hydrogen (secondary N) is 3. The van der Waals surface area contributed by atoms with Gasteiger partial charge in [0.25, 0.3) is 0 Å². The molecule has 140 valence electrons. The van der Waals surface area contributed by atoms with Gasteiger partial charge in [-0.25, -0.2) is 0 Å². The molecule has 0 atom stereocenters. The Morgan fingerprint density at radius 1 is 1.24 bits per heavy atom. The van der Waals surface area contributed by atoms with E-state index in [0.717, 1.165) is 11.3 Å². The highest BCUT2D eigenvalue weighted by Crippen LogP contribution is 2.14. The predicted molar refractivity (Wildman–Crippen MR) is 103 cm³/mol. The Morgan fingerprint density at radius 2 is 1.96 bits per heavy atom. The summed E-state index contributed by atoms with van der Waals surface area (Å²) in [4.78, 5) is 16.0. The Hall–Kier alpha value is -2.24. The van der Waals surface area contributed by atoms with Crippen LogP contribution in [0.2, 0.25) is 0 Å². The fourth-order valence-corrected chi connectivity index (χ4v) is 2.04. The lowest BCUT2D eigenvalue weighted by Gasteiger charge is -2.21. The summed E-state index contributed by atoms with van der Waals surface area (Å²) in [5.41, 5.74) is 0.843. The zero-order valence-electron chi connectivity index (χ0n) is 16.3. The zero-order valence-corrected chi connectivity index (χ0v) is 16.3. The molecule has 0 bridgehead atoms. The molecule has 0 aliphatic carbocycles. The number of aliphatic imine (C=N–C) groups is 1. The van der Waals surface area contributed by atoms with E-state index in [9.17, 15) is 4.79 Å². The minimum Gasteiger partial charge on any atom is -0.493 e. The molecule has 0 saturated heterocycles. The van der Waals surface area contributed by atoms with Gasteiger partial charge in [-0.15, -0.1) is 0 Å². The van der Waals surface area contributed by atoms with Gasteiger partial charge < -0.3 is 20.7 Å². The van der Waals surface area contributed by atoms with Gasteiger partial charge in [0.1, 0.15) is 5.75 Å². The number of benzene rings is 1. The molecule has 0 saturated carbocycles. The molecule has 0 radical (unpaired) electrons. The lowest BCUT2D eigenvalue weighted by molar-refractivity contribution is -0.121. The van der Waals surface area contributed by atoms with Crippen LogP contribution in [-0.2, 0) is 11.3 Å². The van der Waals surface area contributed by atoms with Crippen LogP contribution in [0.4, 0.5) is 0 Å². The summed E-state index contributed by atoms with van der Waals surface area (Å²) in [6, 6.07) is 7.96. The number of hydrogen-bond acceptors (Lipinski definition) is 3. The van der Waals surface area contributed by atoms with Crippen molar-refractivity contribution in [1.82, 2.24) is 16.0 Å². The van der Waals surface area contributed by atoms with Crippen LogP contribution in [0, 0.1) is 5.92 Å². The zero-order chi connectivity index (χ0) is 18.9. The average molecular weight is 348 g/mol. The smallest absolute Gasteiger partial charge is 0.239 e. The van der Waals surface area contributed by atoms with E-state index in [1.54, 1.807) is 7.05 Å². The fourth-order valence-electron chi connectivity index (χ4n) is 2.04. The van der Waals surface area contributed by atoms with Crippen molar-refractivity contribution in [2.45, 2.75) is 46.7 Å². The molecular formula is C19H32N4O2. The second kappa shape index (κ2) is 9.91. The third kappa shape index (κ3) is 9.59. The molecule has 0 heterocycles. The Labute approximate surface area is 151 Å². The van der Waals surface area contributed by atoms with Crippen molar-refractivity contribution in [3.8, 4) is 5.75 Å². The first-order valence-electron chi connectivity index (χ1n) is 8.67. The minimum absolute atomic E-state index is 0.0699. The van der Waals surface area contributed by atoms with Crippen LogP contribution in [0.15, 0.2) is 29.3 Å². The van der Waals surface area contributed by atoms with Crippen molar-refractivity contribution in [1.29, 1.82) is 0 Å². The largest absolute Gasteiger partial charge is 0.493 e. The van der Waals surface area contributed by atoms with E-state index in [2.05, 4.69) is 34.8 Å². The maximum absolute atomic E-state index is 11.9. The molecule has 25 heavy (non-hydrogen) atoms. The van der Waals surface area contributed by atoms with Gasteiger partial charge in [-0.05, 0) is 44.4 Å². The molecule has 1 amide bonds. The van der Waals surface area contributed by atoms with E-state index in [1.165, 1.54) is 0 Å². The van der Waals surface area contributed by atoms with Gasteiger partial charge in [0.15, 0.2) is 5.96 Å². The van der Waals surface area contributed by atoms with Crippen molar-refractivity contribution in [2.24, 2.45) is 10.9 Å². The molecule has 1 rings (SSSR count). The highest BCUT2D eigenvalue weighted by molar-refractivity contribution is 5.86. The molecule has 3 N–H and O–H groups in total. The quantitative estimate of drug-likeness (QED) is 0.522. The summed E-state index contributed by atoms with van der Waals surface area (Å²) >= 11 is 0. The molecule has 1 aromatic carbocycles. The first-order valence-corrected chi connectivity index (χ1v) is 8.67. The van der Waals surface area contributed by atoms with Crippen molar-refractivity contribution < 1.29 is 9.53 Å². The predicted octanol–water partition coefficient (Wildman–Crippen LogP) is 2.30. The van der Waals surface area contributed by atoms with Crippen LogP contribution >= 0.6 is 0 Å². The summed E-state index contributed by atoms with van der Waals surface area (Å²) in [6.45, 7) is 11.6. The second-order valence-corrected chi connectivity index (χ2v) is 7.43. The molecule has 0 fully saturated rings. The van der Waals surface area contributed by atoms with E-state index >= 15 is 0 Å². The van der Waals surface area contributed by atoms with Gasteiger partial charge in [-0.1, -0.05) is 26.0 Å². The fraction of sp³-hybridized carbons (Fsp3) is 0.579. The third-order valence-corrected chi connectivity index (χ3v) is 3.10. The third-order valence-electron chi connectivity index (χ3n) is 3.10. The van der Waals surface area contributed by atoms with Crippen LogP contribution in [0.5, 0.6) is 5.75 Å². The summed E-state index contributed by atoms with van der Waals surface area (Å²) < 4.78 is 5.74. The molecule has 1 aromatic rings. The lowest BCUT2D eigenvalue weighted by atomic mass is 10.1. The van der Waals surface area contributed by atoms with E-state index < -0.39 is 0 Å². The van der Waals surface area contributed by atoms with E-state index in [1.807, 2.05) is 45.0 Å². The van der Waals surface area contributed by atoms with E-state index in [0.29, 0.717) is 25.0 Å². The first kappa shape index (κ1) is 20.8. The summed E-state index contributed by atoms with van der Waals surface area (Å²) in [6.07, 6.45) is 0. The Kier molecular flexibility index (Phi) is 8.25. The Morgan fingerprint density at radius 3 is 2.56 bits per heavy atom. The minimum atomic E-state index is -0.244. The van der Waals surface area contributed by atoms with Crippen molar-refractivity contribution in [3.63, 3.8) is 0 Å². The van der Waals surface area contributed by atoms with Gasteiger partial charge >= 0.3 is 0 Å².